The molecule has 1 aromatic carbocycles. The second kappa shape index (κ2) is 7.79. The lowest BCUT2D eigenvalue weighted by atomic mass is 10.1. The van der Waals surface area contributed by atoms with Crippen LogP contribution in [0, 0.1) is 4.77 Å². The molecule has 0 aliphatic carbocycles. The lowest BCUT2D eigenvalue weighted by molar-refractivity contribution is 0.324. The van der Waals surface area contributed by atoms with Crippen LogP contribution in [0.5, 0.6) is 17.2 Å². The summed E-state index contributed by atoms with van der Waals surface area (Å²) in [5.74, 6) is 2.03. The highest BCUT2D eigenvalue weighted by molar-refractivity contribution is 7.71. The highest BCUT2D eigenvalue weighted by Crippen LogP contribution is 2.40. The number of H-pyrrole nitrogens is 1. The summed E-state index contributed by atoms with van der Waals surface area (Å²) < 4.78 is 18.0. The number of nitrogens with one attached hydrogen (secondary N) is 1. The molecule has 0 atom stereocenters. The zero-order valence-corrected chi connectivity index (χ0v) is 15.3. The number of hydrogen-bond acceptors (Lipinski definition) is 7. The molecule has 8 nitrogen and oxygen atoms in total. The fraction of sp³-hybridized carbons (Fsp3) is 0.176. The Kier molecular flexibility index (Phi) is 5.28. The molecule has 1 N–H and O–H groups in total. The van der Waals surface area contributed by atoms with Crippen molar-refractivity contribution in [3.8, 4) is 28.6 Å². The van der Waals surface area contributed by atoms with Crippen LogP contribution in [0.15, 0.2) is 41.8 Å². The number of rotatable bonds is 6. The first-order valence-electron chi connectivity index (χ1n) is 7.60. The minimum absolute atomic E-state index is 0.355. The van der Waals surface area contributed by atoms with Crippen LogP contribution in [0.25, 0.3) is 11.4 Å². The average molecular weight is 371 g/mol. The van der Waals surface area contributed by atoms with E-state index in [1.54, 1.807) is 52.1 Å². The molecular weight excluding hydrogens is 354 g/mol. The van der Waals surface area contributed by atoms with Crippen molar-refractivity contribution in [1.82, 2.24) is 19.9 Å². The Hall–Kier alpha value is -3.20. The molecule has 0 spiro atoms. The summed E-state index contributed by atoms with van der Waals surface area (Å²) in [7, 11) is 4.66. The molecule has 3 rings (SSSR count). The number of nitrogens with zero attached hydrogens (tertiary/aromatic N) is 4. The van der Waals surface area contributed by atoms with E-state index in [9.17, 15) is 0 Å². The monoisotopic (exact) mass is 371 g/mol. The van der Waals surface area contributed by atoms with E-state index in [1.807, 2.05) is 12.1 Å². The number of pyridine rings is 1. The molecule has 26 heavy (non-hydrogen) atoms. The lowest BCUT2D eigenvalue weighted by Gasteiger charge is -2.13. The normalized spacial score (nSPS) is 10.9. The van der Waals surface area contributed by atoms with E-state index in [1.165, 1.54) is 4.68 Å². The van der Waals surface area contributed by atoms with Crippen molar-refractivity contribution in [2.45, 2.75) is 0 Å². The molecule has 0 bridgehead atoms. The van der Waals surface area contributed by atoms with Gasteiger partial charge in [-0.2, -0.15) is 14.9 Å². The minimum Gasteiger partial charge on any atom is -0.493 e. The number of ether oxygens (including phenoxy) is 3. The Balaban J connectivity index is 2.09. The Labute approximate surface area is 155 Å². The maximum absolute atomic E-state index is 5.39. The van der Waals surface area contributed by atoms with Crippen molar-refractivity contribution < 1.29 is 14.2 Å². The highest BCUT2D eigenvalue weighted by Gasteiger charge is 2.17. The zero-order valence-electron chi connectivity index (χ0n) is 14.5. The highest BCUT2D eigenvalue weighted by atomic mass is 32.1. The summed E-state index contributed by atoms with van der Waals surface area (Å²) in [6.45, 7) is 0. The molecule has 2 heterocycles. The fourth-order valence-corrected chi connectivity index (χ4v) is 2.55. The molecule has 0 radical (unpaired) electrons. The smallest absolute Gasteiger partial charge is 0.216 e. The molecule has 0 amide bonds. The molecule has 0 saturated carbocycles. The van der Waals surface area contributed by atoms with Crippen molar-refractivity contribution in [2.24, 2.45) is 5.10 Å². The van der Waals surface area contributed by atoms with E-state index < -0.39 is 0 Å². The van der Waals surface area contributed by atoms with Crippen molar-refractivity contribution in [1.29, 1.82) is 0 Å². The van der Waals surface area contributed by atoms with Gasteiger partial charge in [0.2, 0.25) is 10.5 Å². The average Bonchev–Trinajstić information content (AvgIpc) is 3.06. The van der Waals surface area contributed by atoms with E-state index in [4.69, 9.17) is 26.4 Å². The molecule has 134 valence electrons. The van der Waals surface area contributed by atoms with Gasteiger partial charge in [0.1, 0.15) is 0 Å². The van der Waals surface area contributed by atoms with E-state index in [2.05, 4.69) is 20.3 Å². The second-order valence-electron chi connectivity index (χ2n) is 5.11. The third-order valence-corrected chi connectivity index (χ3v) is 3.84. The van der Waals surface area contributed by atoms with Gasteiger partial charge in [-0.15, -0.1) is 0 Å². The predicted molar refractivity (Wildman–Crippen MR) is 99.7 cm³/mol. The lowest BCUT2D eigenvalue weighted by Crippen LogP contribution is -1.99. The van der Waals surface area contributed by atoms with Gasteiger partial charge in [0.05, 0.1) is 27.5 Å². The summed E-state index contributed by atoms with van der Waals surface area (Å²) >= 11 is 5.29. The van der Waals surface area contributed by atoms with Crippen molar-refractivity contribution in [2.75, 3.05) is 21.3 Å². The number of aromatic amines is 1. The van der Waals surface area contributed by atoms with Crippen LogP contribution in [0.2, 0.25) is 0 Å². The summed E-state index contributed by atoms with van der Waals surface area (Å²) in [4.78, 5) is 4.06. The van der Waals surface area contributed by atoms with Crippen LogP contribution in [0.1, 0.15) is 5.56 Å². The summed E-state index contributed by atoms with van der Waals surface area (Å²) in [6, 6.07) is 7.28. The number of aromatic nitrogens is 4. The van der Waals surface area contributed by atoms with Crippen molar-refractivity contribution in [3.63, 3.8) is 0 Å². The van der Waals surface area contributed by atoms with Gasteiger partial charge in [-0.05, 0) is 30.4 Å². The maximum atomic E-state index is 5.39. The van der Waals surface area contributed by atoms with Crippen LogP contribution < -0.4 is 14.2 Å². The van der Waals surface area contributed by atoms with Gasteiger partial charge in [-0.1, -0.05) is 6.07 Å². The zero-order chi connectivity index (χ0) is 18.5. The van der Waals surface area contributed by atoms with Gasteiger partial charge in [0, 0.05) is 23.5 Å². The first-order chi connectivity index (χ1) is 12.7. The van der Waals surface area contributed by atoms with Gasteiger partial charge in [-0.25, -0.2) is 5.10 Å². The molecular formula is C17H17N5O3S. The summed E-state index contributed by atoms with van der Waals surface area (Å²) in [5, 5.41) is 11.4. The standard InChI is InChI=1S/C17H17N5O3S/c1-23-13-7-12(8-14(24-2)15(13)25-3)16-20-21-17(26)22(16)19-10-11-5-4-6-18-9-11/h4-10H,1-3H3,(H,21,26). The molecule has 0 unspecified atom stereocenters. The molecule has 0 saturated heterocycles. The minimum atomic E-state index is 0.355. The SMILES string of the molecule is COc1cc(-c2n[nH]c(=S)n2N=Cc2cccnc2)cc(OC)c1OC. The molecule has 2 aromatic heterocycles. The topological polar surface area (TPSA) is 86.6 Å². The van der Waals surface area contributed by atoms with Crippen LogP contribution in [-0.2, 0) is 0 Å². The van der Waals surface area contributed by atoms with Gasteiger partial charge < -0.3 is 14.2 Å². The number of hydrogen-bond donors (Lipinski definition) is 1. The van der Waals surface area contributed by atoms with Gasteiger partial charge in [0.15, 0.2) is 17.3 Å². The number of benzene rings is 1. The molecule has 0 aliphatic heterocycles. The Bertz CT molecular complexity index is 957. The Morgan fingerprint density at radius 2 is 1.88 bits per heavy atom. The van der Waals surface area contributed by atoms with E-state index >= 15 is 0 Å². The Morgan fingerprint density at radius 1 is 1.15 bits per heavy atom. The van der Waals surface area contributed by atoms with Crippen LogP contribution in [0.3, 0.4) is 0 Å². The van der Waals surface area contributed by atoms with Gasteiger partial charge in [0.25, 0.3) is 0 Å². The summed E-state index contributed by atoms with van der Waals surface area (Å²) in [6.07, 6.45) is 5.05. The fourth-order valence-electron chi connectivity index (χ4n) is 2.37. The Morgan fingerprint density at radius 3 is 2.46 bits per heavy atom. The third kappa shape index (κ3) is 3.42. The first-order valence-corrected chi connectivity index (χ1v) is 8.01. The molecule has 3 aromatic rings. The largest absolute Gasteiger partial charge is 0.493 e. The van der Waals surface area contributed by atoms with Gasteiger partial charge in [-0.3, -0.25) is 4.98 Å². The van der Waals surface area contributed by atoms with E-state index in [0.717, 1.165) is 5.56 Å². The quantitative estimate of drug-likeness (QED) is 0.530. The van der Waals surface area contributed by atoms with Crippen LogP contribution in [0.4, 0.5) is 0 Å². The van der Waals surface area contributed by atoms with Crippen molar-refractivity contribution >= 4 is 18.4 Å². The third-order valence-electron chi connectivity index (χ3n) is 3.58. The predicted octanol–water partition coefficient (Wildman–Crippen LogP) is 2.91. The first kappa shape index (κ1) is 17.6. The molecule has 9 heteroatoms. The molecule has 0 aliphatic rings. The number of methoxy groups -OCH3 is 3. The van der Waals surface area contributed by atoms with Crippen LogP contribution in [-0.4, -0.2) is 47.4 Å². The molecule has 0 fully saturated rings. The van der Waals surface area contributed by atoms with Crippen LogP contribution >= 0.6 is 12.2 Å². The van der Waals surface area contributed by atoms with E-state index in [-0.39, 0.29) is 0 Å². The maximum Gasteiger partial charge on any atom is 0.216 e. The van der Waals surface area contributed by atoms with E-state index in [0.29, 0.717) is 33.4 Å². The second-order valence-corrected chi connectivity index (χ2v) is 5.50. The summed E-state index contributed by atoms with van der Waals surface area (Å²) in [5.41, 5.74) is 1.54. The van der Waals surface area contributed by atoms with Crippen molar-refractivity contribution in [3.05, 3.63) is 47.0 Å². The van der Waals surface area contributed by atoms with Gasteiger partial charge >= 0.3 is 0 Å².